The first kappa shape index (κ1) is 12.4. The summed E-state index contributed by atoms with van der Waals surface area (Å²) < 4.78 is 38.3. The maximum Gasteiger partial charge on any atom is 0.240 e. The normalized spacial score (nSPS) is 11.7. The molecule has 0 saturated heterocycles. The minimum Gasteiger partial charge on any atom is -0.210 e. The third kappa shape index (κ3) is 3.15. The first-order chi connectivity index (χ1) is 6.97. The van der Waals surface area contributed by atoms with E-state index in [9.17, 15) is 12.8 Å². The summed E-state index contributed by atoms with van der Waals surface area (Å²) in [6.45, 7) is 1.69. The van der Waals surface area contributed by atoms with Crippen LogP contribution in [0.5, 0.6) is 0 Å². The Bertz CT molecular complexity index is 447. The van der Waals surface area contributed by atoms with E-state index in [0.29, 0.717) is 5.56 Å². The molecule has 0 bridgehead atoms. The van der Waals surface area contributed by atoms with E-state index in [0.717, 1.165) is 6.07 Å². The number of sulfonamides is 1. The van der Waals surface area contributed by atoms with E-state index in [-0.39, 0.29) is 17.3 Å². The van der Waals surface area contributed by atoms with E-state index in [1.807, 2.05) is 0 Å². The molecule has 0 aliphatic rings. The number of aryl methyl sites for hydroxylation is 1. The Labute approximate surface area is 93.3 Å². The molecule has 15 heavy (non-hydrogen) atoms. The number of hydrogen-bond donors (Lipinski definition) is 1. The molecule has 1 rings (SSSR count). The molecule has 0 aliphatic heterocycles. The molecule has 0 radical (unpaired) electrons. The van der Waals surface area contributed by atoms with Crippen LogP contribution in [0.2, 0.25) is 0 Å². The molecule has 1 aromatic carbocycles. The van der Waals surface area contributed by atoms with Crippen LogP contribution in [0.4, 0.5) is 4.39 Å². The van der Waals surface area contributed by atoms with Crippen molar-refractivity contribution in [3.8, 4) is 0 Å². The summed E-state index contributed by atoms with van der Waals surface area (Å²) in [5, 5.41) is 0. The van der Waals surface area contributed by atoms with Gasteiger partial charge in [0.1, 0.15) is 5.82 Å². The average molecular weight is 252 g/mol. The quantitative estimate of drug-likeness (QED) is 0.828. The molecule has 84 valence electrons. The second kappa shape index (κ2) is 4.92. The molecular weight excluding hydrogens is 241 g/mol. The van der Waals surface area contributed by atoms with Gasteiger partial charge in [-0.3, -0.25) is 0 Å². The van der Waals surface area contributed by atoms with Gasteiger partial charge in [-0.15, -0.1) is 11.6 Å². The van der Waals surface area contributed by atoms with Crippen molar-refractivity contribution >= 4 is 21.6 Å². The number of halogens is 2. The molecule has 0 atom stereocenters. The third-order valence-corrected chi connectivity index (χ3v) is 3.62. The van der Waals surface area contributed by atoms with Gasteiger partial charge < -0.3 is 0 Å². The lowest BCUT2D eigenvalue weighted by Gasteiger charge is -2.07. The van der Waals surface area contributed by atoms with E-state index >= 15 is 0 Å². The van der Waals surface area contributed by atoms with Crippen LogP contribution < -0.4 is 4.72 Å². The lowest BCUT2D eigenvalue weighted by atomic mass is 10.2. The summed E-state index contributed by atoms with van der Waals surface area (Å²) in [6, 6.07) is 3.53. The molecule has 0 fully saturated rings. The van der Waals surface area contributed by atoms with E-state index in [2.05, 4.69) is 4.72 Å². The average Bonchev–Trinajstić information content (AvgIpc) is 2.14. The fourth-order valence-electron chi connectivity index (χ4n) is 1.17. The van der Waals surface area contributed by atoms with E-state index in [4.69, 9.17) is 11.6 Å². The van der Waals surface area contributed by atoms with E-state index in [1.165, 1.54) is 12.1 Å². The SMILES string of the molecule is Cc1cc(F)ccc1S(=O)(=O)NCCCl. The Kier molecular flexibility index (Phi) is 4.07. The van der Waals surface area contributed by atoms with Gasteiger partial charge in [0, 0.05) is 12.4 Å². The summed E-state index contributed by atoms with van der Waals surface area (Å²) in [5.41, 5.74) is 0.372. The lowest BCUT2D eigenvalue weighted by molar-refractivity contribution is 0.582. The molecule has 0 amide bonds. The summed E-state index contributed by atoms with van der Waals surface area (Å²) in [5.74, 6) is -0.261. The van der Waals surface area contributed by atoms with Crippen molar-refractivity contribution in [2.24, 2.45) is 0 Å². The second-order valence-corrected chi connectivity index (χ2v) is 5.11. The number of rotatable bonds is 4. The topological polar surface area (TPSA) is 46.2 Å². The Morgan fingerprint density at radius 2 is 2.13 bits per heavy atom. The highest BCUT2D eigenvalue weighted by molar-refractivity contribution is 7.89. The van der Waals surface area contributed by atoms with Crippen molar-refractivity contribution in [1.29, 1.82) is 0 Å². The monoisotopic (exact) mass is 251 g/mol. The zero-order valence-electron chi connectivity index (χ0n) is 8.13. The van der Waals surface area contributed by atoms with Crippen molar-refractivity contribution in [2.45, 2.75) is 11.8 Å². The van der Waals surface area contributed by atoms with Gasteiger partial charge in [0.25, 0.3) is 0 Å². The van der Waals surface area contributed by atoms with Crippen molar-refractivity contribution in [3.63, 3.8) is 0 Å². The fraction of sp³-hybridized carbons (Fsp3) is 0.333. The summed E-state index contributed by atoms with van der Waals surface area (Å²) in [7, 11) is -3.57. The predicted octanol–water partition coefficient (Wildman–Crippen LogP) is 1.65. The Balaban J connectivity index is 3.05. The standard InChI is InChI=1S/C9H11ClFNO2S/c1-7-6-8(11)2-3-9(7)15(13,14)12-5-4-10/h2-3,6,12H,4-5H2,1H3. The van der Waals surface area contributed by atoms with Crippen molar-refractivity contribution < 1.29 is 12.8 Å². The van der Waals surface area contributed by atoms with Crippen LogP contribution in [-0.2, 0) is 10.0 Å². The van der Waals surface area contributed by atoms with Crippen LogP contribution in [0.15, 0.2) is 23.1 Å². The van der Waals surface area contributed by atoms with E-state index < -0.39 is 15.8 Å². The van der Waals surface area contributed by atoms with Gasteiger partial charge in [-0.05, 0) is 30.7 Å². The van der Waals surface area contributed by atoms with Gasteiger partial charge in [0.2, 0.25) is 10.0 Å². The minimum atomic E-state index is -3.57. The molecule has 0 saturated carbocycles. The van der Waals surface area contributed by atoms with Gasteiger partial charge in [-0.1, -0.05) is 0 Å². The largest absolute Gasteiger partial charge is 0.240 e. The predicted molar refractivity (Wildman–Crippen MR) is 57.0 cm³/mol. The molecule has 0 aromatic heterocycles. The maximum absolute atomic E-state index is 12.8. The Morgan fingerprint density at radius 3 is 2.67 bits per heavy atom. The third-order valence-electron chi connectivity index (χ3n) is 1.81. The second-order valence-electron chi connectivity index (χ2n) is 3.00. The molecule has 0 spiro atoms. The highest BCUT2D eigenvalue weighted by atomic mass is 35.5. The first-order valence-electron chi connectivity index (χ1n) is 4.29. The van der Waals surface area contributed by atoms with Crippen LogP contribution >= 0.6 is 11.6 Å². The van der Waals surface area contributed by atoms with E-state index in [1.54, 1.807) is 6.92 Å². The molecular formula is C9H11ClFNO2S. The molecule has 0 heterocycles. The fourth-order valence-corrected chi connectivity index (χ4v) is 2.63. The lowest BCUT2D eigenvalue weighted by Crippen LogP contribution is -2.26. The van der Waals surface area contributed by atoms with Crippen LogP contribution in [-0.4, -0.2) is 20.8 Å². The van der Waals surface area contributed by atoms with Crippen molar-refractivity contribution in [2.75, 3.05) is 12.4 Å². The summed E-state index contributed by atoms with van der Waals surface area (Å²) in [6.07, 6.45) is 0. The number of benzene rings is 1. The molecule has 0 aliphatic carbocycles. The van der Waals surface area contributed by atoms with Crippen molar-refractivity contribution in [3.05, 3.63) is 29.6 Å². The molecule has 0 unspecified atom stereocenters. The first-order valence-corrected chi connectivity index (χ1v) is 6.31. The number of hydrogen-bond acceptors (Lipinski definition) is 2. The molecule has 3 nitrogen and oxygen atoms in total. The van der Waals surface area contributed by atoms with Crippen molar-refractivity contribution in [1.82, 2.24) is 4.72 Å². The van der Waals surface area contributed by atoms with Crippen LogP contribution in [0.1, 0.15) is 5.56 Å². The zero-order chi connectivity index (χ0) is 11.5. The highest BCUT2D eigenvalue weighted by Crippen LogP contribution is 2.15. The summed E-state index contributed by atoms with van der Waals surface area (Å²) in [4.78, 5) is 0.0778. The minimum absolute atomic E-state index is 0.0778. The maximum atomic E-state index is 12.8. The molecule has 1 N–H and O–H groups in total. The van der Waals surface area contributed by atoms with Crippen LogP contribution in [0, 0.1) is 12.7 Å². The van der Waals surface area contributed by atoms with Gasteiger partial charge >= 0.3 is 0 Å². The van der Waals surface area contributed by atoms with Gasteiger partial charge in [-0.25, -0.2) is 17.5 Å². The highest BCUT2D eigenvalue weighted by Gasteiger charge is 2.15. The van der Waals surface area contributed by atoms with Gasteiger partial charge in [-0.2, -0.15) is 0 Å². The van der Waals surface area contributed by atoms with Crippen LogP contribution in [0.3, 0.4) is 0 Å². The van der Waals surface area contributed by atoms with Gasteiger partial charge in [0.15, 0.2) is 0 Å². The van der Waals surface area contributed by atoms with Gasteiger partial charge in [0.05, 0.1) is 4.90 Å². The molecule has 1 aromatic rings. The van der Waals surface area contributed by atoms with Crippen LogP contribution in [0.25, 0.3) is 0 Å². The Hall–Kier alpha value is -0.650. The number of nitrogens with one attached hydrogen (secondary N) is 1. The molecule has 6 heteroatoms. The summed E-state index contributed by atoms with van der Waals surface area (Å²) >= 11 is 5.37. The zero-order valence-corrected chi connectivity index (χ0v) is 9.70. The number of alkyl halides is 1. The Morgan fingerprint density at radius 1 is 1.47 bits per heavy atom. The smallest absolute Gasteiger partial charge is 0.210 e.